The molecule has 0 atom stereocenters. The van der Waals surface area contributed by atoms with Crippen molar-refractivity contribution >= 4 is 39.1 Å². The Kier molecular flexibility index (Phi) is 6.75. The Bertz CT molecular complexity index is 1250. The van der Waals surface area contributed by atoms with Crippen LogP contribution in [-0.2, 0) is 17.5 Å². The summed E-state index contributed by atoms with van der Waals surface area (Å²) < 4.78 is 40.3. The van der Waals surface area contributed by atoms with Crippen molar-refractivity contribution < 1.29 is 22.8 Å². The molecule has 1 aliphatic carbocycles. The van der Waals surface area contributed by atoms with Crippen LogP contribution in [0, 0.1) is 6.92 Å². The number of alkyl halides is 3. The fourth-order valence-corrected chi connectivity index (χ4v) is 3.65. The third-order valence-electron chi connectivity index (χ3n) is 5.40. The maximum atomic E-state index is 13.3. The van der Waals surface area contributed by atoms with E-state index in [1.807, 2.05) is 0 Å². The first-order chi connectivity index (χ1) is 16.6. The van der Waals surface area contributed by atoms with Gasteiger partial charge in [0.15, 0.2) is 0 Å². The van der Waals surface area contributed by atoms with E-state index in [1.54, 1.807) is 19.1 Å². The molecule has 2 heterocycles. The molecular formula is C23H20BrF3N6O2. The number of carbonyl (C=O) groups is 2. The zero-order valence-corrected chi connectivity index (χ0v) is 20.0. The third-order valence-corrected chi connectivity index (χ3v) is 5.89. The number of benzene rings is 1. The molecule has 0 aliphatic heterocycles. The first kappa shape index (κ1) is 24.6. The molecule has 12 heteroatoms. The highest BCUT2D eigenvalue weighted by atomic mass is 79.9. The number of halogens is 4. The van der Waals surface area contributed by atoms with Crippen LogP contribution in [0.4, 0.5) is 24.5 Å². The van der Waals surface area contributed by atoms with E-state index in [0.717, 1.165) is 6.07 Å². The van der Waals surface area contributed by atoms with Crippen LogP contribution >= 0.6 is 15.9 Å². The van der Waals surface area contributed by atoms with Crippen molar-refractivity contribution in [2.24, 2.45) is 0 Å². The van der Waals surface area contributed by atoms with Crippen LogP contribution in [0.2, 0.25) is 0 Å². The summed E-state index contributed by atoms with van der Waals surface area (Å²) in [6.45, 7) is 1.80. The molecule has 0 bridgehead atoms. The molecule has 3 N–H and O–H groups in total. The maximum Gasteiger partial charge on any atom is 0.418 e. The lowest BCUT2D eigenvalue weighted by Crippen LogP contribution is -2.48. The molecule has 182 valence electrons. The molecule has 0 saturated heterocycles. The van der Waals surface area contributed by atoms with Gasteiger partial charge in [-0.05, 0) is 50.1 Å². The van der Waals surface area contributed by atoms with Crippen molar-refractivity contribution in [3.8, 4) is 0 Å². The predicted octanol–water partition coefficient (Wildman–Crippen LogP) is 4.28. The number of hydrogen-bond acceptors (Lipinski definition) is 6. The lowest BCUT2D eigenvalue weighted by atomic mass is 10.1. The SMILES string of the molecule is Cc1ncc(C(=O)NC2(C(=O)NCc3ccc(Nc4ccc(Br)cc4C(F)(F)F)cn3)CC2)cn1. The molecule has 2 aromatic heterocycles. The van der Waals surface area contributed by atoms with Gasteiger partial charge in [0, 0.05) is 16.9 Å². The van der Waals surface area contributed by atoms with Gasteiger partial charge in [0.1, 0.15) is 11.4 Å². The van der Waals surface area contributed by atoms with Crippen LogP contribution in [0.3, 0.4) is 0 Å². The monoisotopic (exact) mass is 548 g/mol. The minimum absolute atomic E-state index is 0.0937. The average Bonchev–Trinajstić information content (AvgIpc) is 3.60. The van der Waals surface area contributed by atoms with Crippen molar-refractivity contribution in [3.63, 3.8) is 0 Å². The van der Waals surface area contributed by atoms with Gasteiger partial charge >= 0.3 is 6.18 Å². The quantitative estimate of drug-likeness (QED) is 0.406. The number of aryl methyl sites for hydroxylation is 1. The van der Waals surface area contributed by atoms with Gasteiger partial charge < -0.3 is 16.0 Å². The zero-order valence-electron chi connectivity index (χ0n) is 18.4. The summed E-state index contributed by atoms with van der Waals surface area (Å²) in [7, 11) is 0. The second-order valence-corrected chi connectivity index (χ2v) is 9.00. The maximum absolute atomic E-state index is 13.3. The van der Waals surface area contributed by atoms with E-state index in [-0.39, 0.29) is 23.7 Å². The lowest BCUT2D eigenvalue weighted by Gasteiger charge is -2.17. The van der Waals surface area contributed by atoms with Crippen LogP contribution in [0.25, 0.3) is 0 Å². The molecular weight excluding hydrogens is 529 g/mol. The van der Waals surface area contributed by atoms with E-state index in [0.29, 0.717) is 34.5 Å². The number of amides is 2. The highest BCUT2D eigenvalue weighted by molar-refractivity contribution is 9.10. The molecule has 35 heavy (non-hydrogen) atoms. The van der Waals surface area contributed by atoms with Gasteiger partial charge in [-0.2, -0.15) is 13.2 Å². The molecule has 8 nitrogen and oxygen atoms in total. The van der Waals surface area contributed by atoms with E-state index in [9.17, 15) is 22.8 Å². The van der Waals surface area contributed by atoms with Gasteiger partial charge in [0.25, 0.3) is 5.91 Å². The number of nitrogens with one attached hydrogen (secondary N) is 3. The standard InChI is InChI=1S/C23H20BrF3N6O2/c1-13-28-9-14(10-29-13)20(34)33-22(6-7-22)21(35)31-11-16-3-4-17(12-30-16)32-19-5-2-15(24)8-18(19)23(25,26)27/h2-5,8-10,12,32H,6-7,11H2,1H3,(H,31,35)(H,33,34). The van der Waals surface area contributed by atoms with Gasteiger partial charge in [0.05, 0.1) is 40.9 Å². The van der Waals surface area contributed by atoms with Crippen molar-refractivity contribution in [2.75, 3.05) is 5.32 Å². The smallest absolute Gasteiger partial charge is 0.354 e. The lowest BCUT2D eigenvalue weighted by molar-refractivity contribution is -0.137. The second-order valence-electron chi connectivity index (χ2n) is 8.09. The summed E-state index contributed by atoms with van der Waals surface area (Å²) >= 11 is 3.06. The molecule has 3 aromatic rings. The minimum Gasteiger partial charge on any atom is -0.354 e. The molecule has 0 spiro atoms. The summed E-state index contributed by atoms with van der Waals surface area (Å²) in [5, 5.41) is 8.22. The molecule has 1 fully saturated rings. The number of aromatic nitrogens is 3. The Morgan fingerprint density at radius 3 is 2.37 bits per heavy atom. The van der Waals surface area contributed by atoms with Crippen molar-refractivity contribution in [1.29, 1.82) is 0 Å². The molecule has 4 rings (SSSR count). The van der Waals surface area contributed by atoms with E-state index in [4.69, 9.17) is 0 Å². The zero-order chi connectivity index (χ0) is 25.2. The highest BCUT2D eigenvalue weighted by Gasteiger charge is 2.51. The Morgan fingerprint density at radius 1 is 1.06 bits per heavy atom. The fraction of sp³-hybridized carbons (Fsp3) is 0.261. The van der Waals surface area contributed by atoms with E-state index < -0.39 is 23.2 Å². The Morgan fingerprint density at radius 2 is 1.77 bits per heavy atom. The minimum atomic E-state index is -4.52. The van der Waals surface area contributed by atoms with Crippen molar-refractivity contribution in [3.05, 3.63) is 76.0 Å². The summed E-state index contributed by atoms with van der Waals surface area (Å²) in [6, 6.07) is 7.00. The summed E-state index contributed by atoms with van der Waals surface area (Å²) in [5.41, 5.74) is -0.770. The Labute approximate surface area is 206 Å². The van der Waals surface area contributed by atoms with Gasteiger partial charge in [0.2, 0.25) is 5.91 Å². The highest BCUT2D eigenvalue weighted by Crippen LogP contribution is 2.38. The molecule has 1 aromatic carbocycles. The first-order valence-electron chi connectivity index (χ1n) is 10.5. The van der Waals surface area contributed by atoms with Crippen LogP contribution in [0.5, 0.6) is 0 Å². The normalized spacial score (nSPS) is 14.2. The number of carbonyl (C=O) groups excluding carboxylic acids is 2. The Balaban J connectivity index is 1.34. The second kappa shape index (κ2) is 9.61. The van der Waals surface area contributed by atoms with Crippen LogP contribution in [0.15, 0.2) is 53.4 Å². The third kappa shape index (κ3) is 5.94. The van der Waals surface area contributed by atoms with Gasteiger partial charge in [-0.15, -0.1) is 0 Å². The fourth-order valence-electron chi connectivity index (χ4n) is 3.29. The van der Waals surface area contributed by atoms with E-state index in [1.165, 1.54) is 30.7 Å². The molecule has 0 radical (unpaired) electrons. The van der Waals surface area contributed by atoms with Crippen molar-refractivity contribution in [2.45, 2.75) is 38.0 Å². The largest absolute Gasteiger partial charge is 0.418 e. The van der Waals surface area contributed by atoms with Gasteiger partial charge in [-0.25, -0.2) is 9.97 Å². The summed E-state index contributed by atoms with van der Waals surface area (Å²) in [6.07, 6.45) is 0.666. The number of anilines is 2. The number of nitrogens with zero attached hydrogens (tertiary/aromatic N) is 3. The number of pyridine rings is 1. The van der Waals surface area contributed by atoms with Gasteiger partial charge in [-0.1, -0.05) is 15.9 Å². The molecule has 2 amide bonds. The topological polar surface area (TPSA) is 109 Å². The number of hydrogen-bond donors (Lipinski definition) is 3. The van der Waals surface area contributed by atoms with Crippen molar-refractivity contribution in [1.82, 2.24) is 25.6 Å². The Hall–Kier alpha value is -3.54. The van der Waals surface area contributed by atoms with Crippen LogP contribution in [0.1, 0.15) is 40.3 Å². The van der Waals surface area contributed by atoms with E-state index in [2.05, 4.69) is 46.8 Å². The predicted molar refractivity (Wildman–Crippen MR) is 125 cm³/mol. The summed E-state index contributed by atoms with van der Waals surface area (Å²) in [5.74, 6) is -0.239. The molecule has 1 aliphatic rings. The van der Waals surface area contributed by atoms with Crippen LogP contribution in [-0.4, -0.2) is 32.3 Å². The number of rotatable bonds is 7. The molecule has 0 unspecified atom stereocenters. The van der Waals surface area contributed by atoms with Crippen LogP contribution < -0.4 is 16.0 Å². The first-order valence-corrected chi connectivity index (χ1v) is 11.3. The average molecular weight is 549 g/mol. The van der Waals surface area contributed by atoms with Gasteiger partial charge in [-0.3, -0.25) is 14.6 Å². The van der Waals surface area contributed by atoms with E-state index >= 15 is 0 Å². The molecule has 1 saturated carbocycles. The summed E-state index contributed by atoms with van der Waals surface area (Å²) in [4.78, 5) is 37.3.